The molecule has 3 saturated heterocycles. The van der Waals surface area contributed by atoms with Crippen LogP contribution in [0.25, 0.3) is 0 Å². The van der Waals surface area contributed by atoms with E-state index in [0.717, 1.165) is 6.54 Å². The Morgan fingerprint density at radius 1 is 1.10 bits per heavy atom. The van der Waals surface area contributed by atoms with E-state index in [2.05, 4.69) is 6.92 Å². The summed E-state index contributed by atoms with van der Waals surface area (Å²) in [7, 11) is 0. The van der Waals surface area contributed by atoms with Crippen LogP contribution in [0.15, 0.2) is 0 Å². The minimum Gasteiger partial charge on any atom is -0.456 e. The number of hydrogen-bond acceptors (Lipinski definition) is 2. The molecule has 3 fully saturated rings. The predicted octanol–water partition coefficient (Wildman–Crippen LogP) is 3.52. The summed E-state index contributed by atoms with van der Waals surface area (Å²) >= 11 is 0. The van der Waals surface area contributed by atoms with Gasteiger partial charge in [-0.15, -0.1) is 0 Å². The average Bonchev–Trinajstić information content (AvgIpc) is 2.43. The number of rotatable bonds is 8. The van der Waals surface area contributed by atoms with Gasteiger partial charge >= 0.3 is 5.97 Å². The summed E-state index contributed by atoms with van der Waals surface area (Å²) in [6, 6.07) is 0. The number of fused-ring (bicyclic) bond motifs is 3. The van der Waals surface area contributed by atoms with Gasteiger partial charge < -0.3 is 9.22 Å². The van der Waals surface area contributed by atoms with E-state index in [1.807, 2.05) is 0 Å². The minimum atomic E-state index is -0.0959. The Balaban J connectivity index is 1.73. The van der Waals surface area contributed by atoms with Crippen molar-refractivity contribution in [3.05, 3.63) is 0 Å². The molecule has 0 aromatic carbocycles. The van der Waals surface area contributed by atoms with Crippen molar-refractivity contribution in [2.24, 2.45) is 5.92 Å². The maximum absolute atomic E-state index is 11.2. The zero-order chi connectivity index (χ0) is 14.4. The number of nitrogens with zero attached hydrogens (tertiary/aromatic N) is 1. The van der Waals surface area contributed by atoms with Gasteiger partial charge in [-0.1, -0.05) is 32.6 Å². The molecule has 3 heterocycles. The predicted molar refractivity (Wildman–Crippen MR) is 81.4 cm³/mol. The van der Waals surface area contributed by atoms with Crippen LogP contribution in [0.1, 0.15) is 65.2 Å². The Hall–Kier alpha value is -0.570. The van der Waals surface area contributed by atoms with Crippen molar-refractivity contribution in [3.63, 3.8) is 0 Å². The highest BCUT2D eigenvalue weighted by molar-refractivity contribution is 5.66. The molecule has 2 bridgehead atoms. The minimum absolute atomic E-state index is 0.0959. The largest absolute Gasteiger partial charge is 0.456 e. The Kier molecular flexibility index (Phi) is 5.88. The Morgan fingerprint density at radius 3 is 2.40 bits per heavy atom. The van der Waals surface area contributed by atoms with Gasteiger partial charge in [-0.2, -0.15) is 0 Å². The summed E-state index contributed by atoms with van der Waals surface area (Å²) in [4.78, 5) is 11.2. The second kappa shape index (κ2) is 7.44. The molecule has 0 aromatic rings. The molecule has 3 aliphatic rings. The van der Waals surface area contributed by atoms with E-state index in [-0.39, 0.29) is 12.1 Å². The highest BCUT2D eigenvalue weighted by atomic mass is 16.5. The van der Waals surface area contributed by atoms with Gasteiger partial charge in [0.15, 0.2) is 6.10 Å². The SMILES string of the molecule is CCCCCCCC[N+]12CCC(CC1)[C@H](OC(C)=O)C2. The van der Waals surface area contributed by atoms with E-state index in [4.69, 9.17) is 4.74 Å². The van der Waals surface area contributed by atoms with Crippen LogP contribution in [0, 0.1) is 5.92 Å². The van der Waals surface area contributed by atoms with Gasteiger partial charge in [-0.25, -0.2) is 0 Å². The van der Waals surface area contributed by atoms with E-state index in [1.54, 1.807) is 6.92 Å². The van der Waals surface area contributed by atoms with Gasteiger partial charge in [0.05, 0.1) is 19.6 Å². The van der Waals surface area contributed by atoms with Gasteiger partial charge in [0, 0.05) is 25.7 Å². The summed E-state index contributed by atoms with van der Waals surface area (Å²) in [6.45, 7) is 8.84. The Bertz CT molecular complexity index is 308. The molecule has 3 rings (SSSR count). The van der Waals surface area contributed by atoms with Crippen LogP contribution >= 0.6 is 0 Å². The molecular formula is C17H32NO2+. The topological polar surface area (TPSA) is 26.3 Å². The normalized spacial score (nSPS) is 32.3. The molecule has 1 atom stereocenters. The zero-order valence-corrected chi connectivity index (χ0v) is 13.4. The van der Waals surface area contributed by atoms with E-state index in [0.29, 0.717) is 5.92 Å². The molecule has 0 aromatic heterocycles. The molecule has 0 aliphatic carbocycles. The monoisotopic (exact) mass is 282 g/mol. The first kappa shape index (κ1) is 15.8. The lowest BCUT2D eigenvalue weighted by molar-refractivity contribution is -0.946. The third kappa shape index (κ3) is 4.21. The number of ether oxygens (including phenoxy) is 1. The van der Waals surface area contributed by atoms with E-state index in [9.17, 15) is 4.79 Å². The second-order valence-corrected chi connectivity index (χ2v) is 6.95. The van der Waals surface area contributed by atoms with Crippen molar-refractivity contribution in [1.82, 2.24) is 0 Å². The van der Waals surface area contributed by atoms with Crippen LogP contribution in [-0.2, 0) is 9.53 Å². The maximum atomic E-state index is 11.2. The quantitative estimate of drug-likeness (QED) is 0.387. The van der Waals surface area contributed by atoms with Crippen LogP contribution in [0.5, 0.6) is 0 Å². The summed E-state index contributed by atoms with van der Waals surface area (Å²) in [6.07, 6.45) is 10.9. The van der Waals surface area contributed by atoms with Crippen LogP contribution < -0.4 is 0 Å². The van der Waals surface area contributed by atoms with Crippen LogP contribution in [0.4, 0.5) is 0 Å². The summed E-state index contributed by atoms with van der Waals surface area (Å²) < 4.78 is 6.78. The molecule has 3 nitrogen and oxygen atoms in total. The van der Waals surface area contributed by atoms with Gasteiger partial charge in [0.25, 0.3) is 0 Å². The van der Waals surface area contributed by atoms with Crippen molar-refractivity contribution in [3.8, 4) is 0 Å². The number of unbranched alkanes of at least 4 members (excludes halogenated alkanes) is 5. The third-order valence-electron chi connectivity index (χ3n) is 5.34. The number of esters is 1. The molecule has 0 saturated carbocycles. The first-order chi connectivity index (χ1) is 9.65. The lowest BCUT2D eigenvalue weighted by Crippen LogP contribution is -2.64. The molecule has 0 unspecified atom stereocenters. The van der Waals surface area contributed by atoms with Crippen molar-refractivity contribution in [2.45, 2.75) is 71.3 Å². The van der Waals surface area contributed by atoms with Crippen molar-refractivity contribution >= 4 is 5.97 Å². The lowest BCUT2D eigenvalue weighted by atomic mass is 9.83. The van der Waals surface area contributed by atoms with Crippen LogP contribution in [0.3, 0.4) is 0 Å². The molecule has 20 heavy (non-hydrogen) atoms. The molecule has 0 radical (unpaired) electrons. The molecular weight excluding hydrogens is 250 g/mol. The fourth-order valence-corrected chi connectivity index (χ4v) is 4.11. The third-order valence-corrected chi connectivity index (χ3v) is 5.34. The zero-order valence-electron chi connectivity index (χ0n) is 13.4. The van der Waals surface area contributed by atoms with Crippen molar-refractivity contribution in [1.29, 1.82) is 0 Å². The average molecular weight is 282 g/mol. The number of piperidine rings is 3. The fraction of sp³-hybridized carbons (Fsp3) is 0.941. The number of hydrogen-bond donors (Lipinski definition) is 0. The highest BCUT2D eigenvalue weighted by Crippen LogP contribution is 2.36. The van der Waals surface area contributed by atoms with Gasteiger partial charge in [0.2, 0.25) is 0 Å². The van der Waals surface area contributed by atoms with Gasteiger partial charge in [-0.05, 0) is 12.8 Å². The van der Waals surface area contributed by atoms with Gasteiger partial charge in [-0.3, -0.25) is 4.79 Å². The summed E-state index contributed by atoms with van der Waals surface area (Å²) in [5, 5.41) is 0. The second-order valence-electron chi connectivity index (χ2n) is 6.95. The van der Waals surface area contributed by atoms with Crippen LogP contribution in [0.2, 0.25) is 0 Å². The first-order valence-corrected chi connectivity index (χ1v) is 8.67. The van der Waals surface area contributed by atoms with Crippen molar-refractivity contribution < 1.29 is 14.0 Å². The fourth-order valence-electron chi connectivity index (χ4n) is 4.11. The number of quaternary nitrogens is 1. The first-order valence-electron chi connectivity index (χ1n) is 8.67. The smallest absolute Gasteiger partial charge is 0.303 e. The van der Waals surface area contributed by atoms with Crippen molar-refractivity contribution in [2.75, 3.05) is 26.2 Å². The van der Waals surface area contributed by atoms with E-state index < -0.39 is 0 Å². The van der Waals surface area contributed by atoms with Crippen LogP contribution in [-0.4, -0.2) is 42.7 Å². The summed E-state index contributed by atoms with van der Waals surface area (Å²) in [5.41, 5.74) is 0. The molecule has 0 amide bonds. The number of carbonyl (C=O) groups excluding carboxylic acids is 1. The molecule has 0 spiro atoms. The molecule has 116 valence electrons. The molecule has 3 aliphatic heterocycles. The molecule has 3 heteroatoms. The lowest BCUT2D eigenvalue weighted by Gasteiger charge is -2.52. The van der Waals surface area contributed by atoms with Gasteiger partial charge in [0.1, 0.15) is 6.54 Å². The molecule has 0 N–H and O–H groups in total. The number of carbonyl (C=O) groups is 1. The van der Waals surface area contributed by atoms with E-state index >= 15 is 0 Å². The summed E-state index contributed by atoms with van der Waals surface area (Å²) in [5.74, 6) is 0.546. The Labute approximate surface area is 124 Å². The maximum Gasteiger partial charge on any atom is 0.303 e. The Morgan fingerprint density at radius 2 is 1.75 bits per heavy atom. The standard InChI is InChI=1S/C17H32NO2/c1-3-4-5-6-7-8-11-18-12-9-16(10-13-18)17(14-18)20-15(2)19/h16-17H,3-14H2,1-2H3/q+1/t16?,17-,18?/m1/s1. The van der Waals surface area contributed by atoms with E-state index in [1.165, 1.54) is 75.5 Å². The highest BCUT2D eigenvalue weighted by Gasteiger charge is 2.46.